The van der Waals surface area contributed by atoms with Crippen LogP contribution in [0.4, 0.5) is 5.88 Å². The zero-order valence-electron chi connectivity index (χ0n) is 6.70. The smallest absolute Gasteiger partial charge is 0.303 e. The lowest BCUT2D eigenvalue weighted by Crippen LogP contribution is -1.98. The van der Waals surface area contributed by atoms with Gasteiger partial charge in [-0.2, -0.15) is 0 Å². The fourth-order valence-corrected chi connectivity index (χ4v) is 0.842. The van der Waals surface area contributed by atoms with Crippen molar-refractivity contribution < 1.29 is 14.4 Å². The molecule has 0 aliphatic carbocycles. The van der Waals surface area contributed by atoms with Crippen LogP contribution in [0.25, 0.3) is 0 Å². The van der Waals surface area contributed by atoms with Crippen molar-refractivity contribution in [3.8, 4) is 0 Å². The van der Waals surface area contributed by atoms with Gasteiger partial charge in [-0.1, -0.05) is 5.16 Å². The standard InChI is InChI=1S/C7H10N2O3/c1-4-5(2-3-6(10)11)9-12-7(4)8/h2-3,8H2,1H3,(H,10,11). The topological polar surface area (TPSA) is 89.3 Å². The molecule has 0 saturated heterocycles. The monoisotopic (exact) mass is 170 g/mol. The van der Waals surface area contributed by atoms with E-state index in [9.17, 15) is 4.79 Å². The van der Waals surface area contributed by atoms with Gasteiger partial charge in [-0.3, -0.25) is 4.79 Å². The number of anilines is 1. The van der Waals surface area contributed by atoms with Crippen molar-refractivity contribution in [2.75, 3.05) is 5.73 Å². The Kier molecular flexibility index (Phi) is 2.32. The highest BCUT2D eigenvalue weighted by Crippen LogP contribution is 2.15. The van der Waals surface area contributed by atoms with E-state index in [1.165, 1.54) is 0 Å². The molecule has 0 unspecified atom stereocenters. The Morgan fingerprint density at radius 1 is 1.75 bits per heavy atom. The Morgan fingerprint density at radius 2 is 2.42 bits per heavy atom. The van der Waals surface area contributed by atoms with Gasteiger partial charge in [0.05, 0.1) is 12.1 Å². The van der Waals surface area contributed by atoms with Gasteiger partial charge >= 0.3 is 5.97 Å². The summed E-state index contributed by atoms with van der Waals surface area (Å²) in [5.74, 6) is -0.591. The van der Waals surface area contributed by atoms with Crippen molar-refractivity contribution >= 4 is 11.9 Å². The molecule has 1 aromatic rings. The van der Waals surface area contributed by atoms with E-state index in [-0.39, 0.29) is 12.3 Å². The number of carboxylic acid groups (broad SMARTS) is 1. The third-order valence-corrected chi connectivity index (χ3v) is 1.63. The van der Waals surface area contributed by atoms with Gasteiger partial charge in [0.25, 0.3) is 0 Å². The second kappa shape index (κ2) is 3.25. The number of hydrogen-bond donors (Lipinski definition) is 2. The first-order chi connectivity index (χ1) is 5.61. The largest absolute Gasteiger partial charge is 0.481 e. The quantitative estimate of drug-likeness (QED) is 0.692. The lowest BCUT2D eigenvalue weighted by Gasteiger charge is -1.91. The Balaban J connectivity index is 2.63. The van der Waals surface area contributed by atoms with E-state index < -0.39 is 5.97 Å². The molecule has 0 atom stereocenters. The molecule has 1 heterocycles. The maximum absolute atomic E-state index is 10.2. The summed E-state index contributed by atoms with van der Waals surface area (Å²) in [4.78, 5) is 10.2. The van der Waals surface area contributed by atoms with Crippen molar-refractivity contribution in [3.05, 3.63) is 11.3 Å². The molecule has 0 fully saturated rings. The highest BCUT2D eigenvalue weighted by Gasteiger charge is 2.09. The molecule has 0 aliphatic heterocycles. The van der Waals surface area contributed by atoms with Crippen LogP contribution in [0.2, 0.25) is 0 Å². The molecule has 0 bridgehead atoms. The number of aryl methyl sites for hydroxylation is 1. The predicted octanol–water partition coefficient (Wildman–Crippen LogP) is 0.582. The third kappa shape index (κ3) is 1.75. The van der Waals surface area contributed by atoms with E-state index in [2.05, 4.69) is 9.68 Å². The molecule has 5 nitrogen and oxygen atoms in total. The molecular formula is C7H10N2O3. The van der Waals surface area contributed by atoms with Gasteiger partial charge in [-0.25, -0.2) is 0 Å². The number of rotatable bonds is 3. The van der Waals surface area contributed by atoms with Crippen LogP contribution in [0.5, 0.6) is 0 Å². The molecule has 66 valence electrons. The summed E-state index contributed by atoms with van der Waals surface area (Å²) in [5, 5.41) is 12.0. The first-order valence-corrected chi connectivity index (χ1v) is 3.53. The second-order valence-electron chi connectivity index (χ2n) is 2.51. The summed E-state index contributed by atoms with van der Waals surface area (Å²) in [6, 6.07) is 0. The molecule has 12 heavy (non-hydrogen) atoms. The molecule has 0 aromatic carbocycles. The molecule has 0 spiro atoms. The van der Waals surface area contributed by atoms with Crippen LogP contribution >= 0.6 is 0 Å². The van der Waals surface area contributed by atoms with Crippen LogP contribution in [0.1, 0.15) is 17.7 Å². The lowest BCUT2D eigenvalue weighted by atomic mass is 10.2. The maximum atomic E-state index is 10.2. The minimum Gasteiger partial charge on any atom is -0.481 e. The number of carbonyl (C=O) groups is 1. The van der Waals surface area contributed by atoms with E-state index in [1.807, 2.05) is 0 Å². The molecular weight excluding hydrogens is 160 g/mol. The van der Waals surface area contributed by atoms with Crippen LogP contribution in [-0.4, -0.2) is 16.2 Å². The van der Waals surface area contributed by atoms with Crippen molar-refractivity contribution in [2.24, 2.45) is 0 Å². The van der Waals surface area contributed by atoms with Gasteiger partial charge in [-0.15, -0.1) is 0 Å². The van der Waals surface area contributed by atoms with Crippen LogP contribution in [-0.2, 0) is 11.2 Å². The van der Waals surface area contributed by atoms with Gasteiger partial charge in [0.1, 0.15) is 0 Å². The first-order valence-electron chi connectivity index (χ1n) is 3.53. The van der Waals surface area contributed by atoms with Gasteiger partial charge in [0, 0.05) is 12.0 Å². The summed E-state index contributed by atoms with van der Waals surface area (Å²) in [5.41, 5.74) is 6.72. The Morgan fingerprint density at radius 3 is 2.83 bits per heavy atom. The SMILES string of the molecule is Cc1c(CCC(=O)O)noc1N. The van der Waals surface area contributed by atoms with E-state index >= 15 is 0 Å². The van der Waals surface area contributed by atoms with Gasteiger partial charge in [0.2, 0.25) is 5.88 Å². The maximum Gasteiger partial charge on any atom is 0.303 e. The van der Waals surface area contributed by atoms with E-state index in [4.69, 9.17) is 10.8 Å². The zero-order chi connectivity index (χ0) is 9.14. The van der Waals surface area contributed by atoms with Crippen LogP contribution < -0.4 is 5.73 Å². The Labute approximate surface area is 69.2 Å². The van der Waals surface area contributed by atoms with Gasteiger partial charge in [0.15, 0.2) is 0 Å². The lowest BCUT2D eigenvalue weighted by molar-refractivity contribution is -0.136. The van der Waals surface area contributed by atoms with Gasteiger partial charge in [-0.05, 0) is 6.92 Å². The minimum atomic E-state index is -0.851. The number of nitrogens with zero attached hydrogens (tertiary/aromatic N) is 1. The minimum absolute atomic E-state index is 0.0484. The summed E-state index contributed by atoms with van der Waals surface area (Å²) in [7, 11) is 0. The van der Waals surface area contributed by atoms with E-state index in [1.54, 1.807) is 6.92 Å². The molecule has 0 saturated carbocycles. The van der Waals surface area contributed by atoms with Crippen molar-refractivity contribution in [1.29, 1.82) is 0 Å². The number of nitrogens with two attached hydrogens (primary N) is 1. The number of nitrogen functional groups attached to an aromatic ring is 1. The third-order valence-electron chi connectivity index (χ3n) is 1.63. The molecule has 3 N–H and O–H groups in total. The van der Waals surface area contributed by atoms with Crippen LogP contribution in [0, 0.1) is 6.92 Å². The second-order valence-corrected chi connectivity index (χ2v) is 2.51. The predicted molar refractivity (Wildman–Crippen MR) is 41.6 cm³/mol. The van der Waals surface area contributed by atoms with Crippen molar-refractivity contribution in [1.82, 2.24) is 5.16 Å². The summed E-state index contributed by atoms with van der Waals surface area (Å²) < 4.78 is 4.66. The Bertz CT molecular complexity index is 293. The van der Waals surface area contributed by atoms with Crippen molar-refractivity contribution in [3.63, 3.8) is 0 Å². The molecule has 1 aromatic heterocycles. The first kappa shape index (κ1) is 8.58. The van der Waals surface area contributed by atoms with Crippen LogP contribution in [0.15, 0.2) is 4.52 Å². The highest BCUT2D eigenvalue weighted by molar-refractivity contribution is 5.67. The molecule has 0 aliphatic rings. The average molecular weight is 170 g/mol. The van der Waals surface area contributed by atoms with Crippen LogP contribution in [0.3, 0.4) is 0 Å². The average Bonchev–Trinajstić information content (AvgIpc) is 2.30. The van der Waals surface area contributed by atoms with Gasteiger partial charge < -0.3 is 15.4 Å². The van der Waals surface area contributed by atoms with E-state index in [0.29, 0.717) is 12.1 Å². The highest BCUT2D eigenvalue weighted by atomic mass is 16.5. The number of hydrogen-bond acceptors (Lipinski definition) is 4. The molecule has 0 radical (unpaired) electrons. The summed E-state index contributed by atoms with van der Waals surface area (Å²) in [6.07, 6.45) is 0.411. The number of aromatic nitrogens is 1. The normalized spacial score (nSPS) is 10.1. The number of aliphatic carboxylic acids is 1. The van der Waals surface area contributed by atoms with Crippen molar-refractivity contribution in [2.45, 2.75) is 19.8 Å². The molecule has 5 heteroatoms. The summed E-state index contributed by atoms with van der Waals surface area (Å²) in [6.45, 7) is 1.75. The molecule has 1 rings (SSSR count). The van der Waals surface area contributed by atoms with E-state index in [0.717, 1.165) is 5.56 Å². The number of carboxylic acids is 1. The fourth-order valence-electron chi connectivity index (χ4n) is 0.842. The summed E-state index contributed by atoms with van der Waals surface area (Å²) >= 11 is 0. The molecule has 0 amide bonds. The Hall–Kier alpha value is -1.52. The zero-order valence-corrected chi connectivity index (χ0v) is 6.70. The fraction of sp³-hybridized carbons (Fsp3) is 0.429.